The van der Waals surface area contributed by atoms with Crippen LogP contribution in [-0.2, 0) is 33.7 Å². The van der Waals surface area contributed by atoms with Crippen molar-refractivity contribution >= 4 is 23.9 Å². The Morgan fingerprint density at radius 1 is 0.947 bits per heavy atom. The van der Waals surface area contributed by atoms with Gasteiger partial charge in [-0.2, -0.15) is 0 Å². The van der Waals surface area contributed by atoms with Gasteiger partial charge in [-0.05, 0) is 19.3 Å². The molecule has 8 nitrogen and oxygen atoms in total. The van der Waals surface area contributed by atoms with Gasteiger partial charge in [0.2, 0.25) is 0 Å². The van der Waals surface area contributed by atoms with Crippen LogP contribution in [0.3, 0.4) is 0 Å². The smallest absolute Gasteiger partial charge is 0.355 e. The van der Waals surface area contributed by atoms with Gasteiger partial charge in [-0.3, -0.25) is 4.79 Å². The first-order chi connectivity index (χ1) is 8.99. The summed E-state index contributed by atoms with van der Waals surface area (Å²) in [5, 5.41) is 8.85. The van der Waals surface area contributed by atoms with Crippen LogP contribution in [-0.4, -0.2) is 35.1 Å². The molecule has 8 heteroatoms. The van der Waals surface area contributed by atoms with E-state index in [4.69, 9.17) is 9.84 Å². The molecular weight excluding hydrogens is 260 g/mol. The van der Waals surface area contributed by atoms with Crippen LogP contribution in [0.15, 0.2) is 0 Å². The normalized spacial score (nSPS) is 22.9. The molecule has 0 aliphatic carbocycles. The largest absolute Gasteiger partial charge is 0.479 e. The molecule has 1 aliphatic rings. The van der Waals surface area contributed by atoms with E-state index < -0.39 is 30.0 Å². The van der Waals surface area contributed by atoms with Gasteiger partial charge in [0.15, 0.2) is 6.10 Å². The number of aliphatic carboxylic acids is 1. The molecule has 19 heavy (non-hydrogen) atoms. The average molecular weight is 274 g/mol. The first-order valence-electron chi connectivity index (χ1n) is 5.81. The summed E-state index contributed by atoms with van der Waals surface area (Å²) < 4.78 is 4.75. The van der Waals surface area contributed by atoms with E-state index >= 15 is 0 Å². The molecular formula is C11H14O8. The quantitative estimate of drug-likeness (QED) is 0.537. The summed E-state index contributed by atoms with van der Waals surface area (Å²) in [6.07, 6.45) is -1.40. The summed E-state index contributed by atoms with van der Waals surface area (Å²) in [6, 6.07) is 0. The van der Waals surface area contributed by atoms with Crippen molar-refractivity contribution in [3.8, 4) is 0 Å². The summed E-state index contributed by atoms with van der Waals surface area (Å²) in [5.74, 6) is -3.52. The molecule has 106 valence electrons. The van der Waals surface area contributed by atoms with E-state index in [0.717, 1.165) is 0 Å². The minimum Gasteiger partial charge on any atom is -0.479 e. The van der Waals surface area contributed by atoms with E-state index in [1.54, 1.807) is 0 Å². The molecule has 0 bridgehead atoms. The number of carboxylic acid groups (broad SMARTS) is 1. The predicted octanol–water partition coefficient (Wildman–Crippen LogP) is 0.338. The lowest BCUT2D eigenvalue weighted by Crippen LogP contribution is -2.27. The van der Waals surface area contributed by atoms with Gasteiger partial charge in [-0.25, -0.2) is 24.2 Å². The van der Waals surface area contributed by atoms with Crippen LogP contribution in [0.5, 0.6) is 0 Å². The summed E-state index contributed by atoms with van der Waals surface area (Å²) in [6.45, 7) is 0. The Morgan fingerprint density at radius 2 is 1.47 bits per heavy atom. The number of rotatable bonds is 1. The third kappa shape index (κ3) is 5.84. The van der Waals surface area contributed by atoms with Crippen molar-refractivity contribution < 1.29 is 38.8 Å². The molecule has 1 heterocycles. The van der Waals surface area contributed by atoms with Crippen molar-refractivity contribution in [2.45, 2.75) is 44.6 Å². The molecule has 1 N–H and O–H groups in total. The van der Waals surface area contributed by atoms with Crippen molar-refractivity contribution in [2.75, 3.05) is 0 Å². The zero-order valence-corrected chi connectivity index (χ0v) is 10.1. The molecule has 1 atom stereocenters. The van der Waals surface area contributed by atoms with Gasteiger partial charge in [-0.15, -0.1) is 0 Å². The van der Waals surface area contributed by atoms with E-state index in [2.05, 4.69) is 9.78 Å². The predicted molar refractivity (Wildman–Crippen MR) is 57.4 cm³/mol. The molecule has 0 radical (unpaired) electrons. The summed E-state index contributed by atoms with van der Waals surface area (Å²) in [4.78, 5) is 52.8. The maximum Gasteiger partial charge on any atom is 0.355 e. The highest BCUT2D eigenvalue weighted by molar-refractivity contribution is 5.78. The number of carboxylic acids is 1. The third-order valence-corrected chi connectivity index (χ3v) is 2.39. The lowest BCUT2D eigenvalue weighted by atomic mass is 10.1. The lowest BCUT2D eigenvalue weighted by Gasteiger charge is -2.12. The van der Waals surface area contributed by atoms with Gasteiger partial charge in [0.1, 0.15) is 0 Å². The number of hydrogen-bond donors (Lipinski definition) is 1. The van der Waals surface area contributed by atoms with E-state index in [1.165, 1.54) is 0 Å². The molecule has 1 unspecified atom stereocenters. The molecule has 0 aromatic heterocycles. The number of esters is 1. The number of carbonyl (C=O) groups is 4. The van der Waals surface area contributed by atoms with E-state index in [0.29, 0.717) is 0 Å². The zero-order chi connectivity index (χ0) is 14.3. The van der Waals surface area contributed by atoms with Crippen LogP contribution in [0.2, 0.25) is 0 Å². The van der Waals surface area contributed by atoms with Crippen molar-refractivity contribution in [3.63, 3.8) is 0 Å². The van der Waals surface area contributed by atoms with Crippen LogP contribution in [0.1, 0.15) is 38.5 Å². The van der Waals surface area contributed by atoms with Gasteiger partial charge >= 0.3 is 23.9 Å². The Hall–Kier alpha value is -2.12. The highest BCUT2D eigenvalue weighted by Gasteiger charge is 2.23. The topological polar surface area (TPSA) is 116 Å². The summed E-state index contributed by atoms with van der Waals surface area (Å²) in [7, 11) is 0. The highest BCUT2D eigenvalue weighted by atomic mass is 17.2. The molecule has 1 aliphatic heterocycles. The Labute approximate surface area is 108 Å². The van der Waals surface area contributed by atoms with Crippen molar-refractivity contribution in [1.82, 2.24) is 0 Å². The van der Waals surface area contributed by atoms with Gasteiger partial charge in [-0.1, -0.05) is 0 Å². The second-order valence-corrected chi connectivity index (χ2v) is 3.97. The Bertz CT molecular complexity index is 375. The first kappa shape index (κ1) is 14.9. The lowest BCUT2D eigenvalue weighted by molar-refractivity contribution is -0.259. The van der Waals surface area contributed by atoms with E-state index in [-0.39, 0.29) is 38.5 Å². The van der Waals surface area contributed by atoms with Crippen molar-refractivity contribution in [3.05, 3.63) is 0 Å². The molecule has 1 saturated heterocycles. The molecule has 0 amide bonds. The van der Waals surface area contributed by atoms with E-state index in [1.807, 2.05) is 0 Å². The number of ether oxygens (including phenoxy) is 1. The summed E-state index contributed by atoms with van der Waals surface area (Å²) >= 11 is 0. The maximum atomic E-state index is 11.3. The fraction of sp³-hybridized carbons (Fsp3) is 0.636. The standard InChI is InChI=1S/C11H14O8/c12-8-4-2-6-10(14)19-18-9(13)5-1-3-7(17-8)11(15)16/h7H,1-6H2,(H,15,16). The van der Waals surface area contributed by atoms with Gasteiger partial charge < -0.3 is 9.84 Å². The molecule has 1 rings (SSSR count). The second kappa shape index (κ2) is 7.34. The average Bonchev–Trinajstić information content (AvgIpc) is 2.35. The van der Waals surface area contributed by atoms with Crippen LogP contribution < -0.4 is 0 Å². The molecule has 0 aromatic rings. The molecule has 0 saturated carbocycles. The molecule has 0 spiro atoms. The SMILES string of the molecule is O=C1CCCC(=O)OC(C(=O)O)CCCC(=O)OO1. The Morgan fingerprint density at radius 3 is 2.05 bits per heavy atom. The van der Waals surface area contributed by atoms with Crippen LogP contribution in [0, 0.1) is 0 Å². The molecule has 1 fully saturated rings. The number of cyclic esters (lactones) is 1. The van der Waals surface area contributed by atoms with Crippen LogP contribution in [0.25, 0.3) is 0 Å². The first-order valence-corrected chi connectivity index (χ1v) is 5.81. The monoisotopic (exact) mass is 274 g/mol. The van der Waals surface area contributed by atoms with Crippen molar-refractivity contribution in [1.29, 1.82) is 0 Å². The fourth-order valence-corrected chi connectivity index (χ4v) is 1.44. The van der Waals surface area contributed by atoms with Crippen LogP contribution in [0.4, 0.5) is 0 Å². The zero-order valence-electron chi connectivity index (χ0n) is 10.1. The maximum absolute atomic E-state index is 11.3. The minimum absolute atomic E-state index is 0.00980. The second-order valence-electron chi connectivity index (χ2n) is 3.97. The molecule has 0 aromatic carbocycles. The Balaban J connectivity index is 2.62. The highest BCUT2D eigenvalue weighted by Crippen LogP contribution is 2.11. The number of carbonyl (C=O) groups excluding carboxylic acids is 3. The van der Waals surface area contributed by atoms with Gasteiger partial charge in [0.25, 0.3) is 0 Å². The van der Waals surface area contributed by atoms with Gasteiger partial charge in [0, 0.05) is 6.42 Å². The fourth-order valence-electron chi connectivity index (χ4n) is 1.44. The minimum atomic E-state index is -1.29. The Kier molecular flexibility index (Phi) is 5.77. The summed E-state index contributed by atoms with van der Waals surface area (Å²) in [5.41, 5.74) is 0. The third-order valence-electron chi connectivity index (χ3n) is 2.39. The number of hydrogen-bond acceptors (Lipinski definition) is 7. The van der Waals surface area contributed by atoms with Crippen LogP contribution >= 0.6 is 0 Å². The van der Waals surface area contributed by atoms with Gasteiger partial charge in [0.05, 0.1) is 12.8 Å². The van der Waals surface area contributed by atoms with E-state index in [9.17, 15) is 19.2 Å². The van der Waals surface area contributed by atoms with Crippen molar-refractivity contribution in [2.24, 2.45) is 0 Å².